The largest absolute Gasteiger partial charge is 0.494 e. The minimum Gasteiger partial charge on any atom is -0.494 e. The Balaban J connectivity index is 1.24. The van der Waals surface area contributed by atoms with Crippen LogP contribution in [-0.4, -0.2) is 74.1 Å². The maximum Gasteiger partial charge on any atom is 0.419 e. The highest BCUT2D eigenvalue weighted by atomic mass is 16.6. The Kier molecular flexibility index (Phi) is 9.84. The second kappa shape index (κ2) is 14.4. The molecule has 0 spiro atoms. The quantitative estimate of drug-likeness (QED) is 0.254. The first-order valence-electron chi connectivity index (χ1n) is 16.6. The van der Waals surface area contributed by atoms with E-state index in [0.717, 1.165) is 11.1 Å². The van der Waals surface area contributed by atoms with Crippen LogP contribution in [0, 0.1) is 0 Å². The maximum absolute atomic E-state index is 14.3. The van der Waals surface area contributed by atoms with Gasteiger partial charge in [0.05, 0.1) is 23.9 Å². The van der Waals surface area contributed by atoms with Gasteiger partial charge in [-0.25, -0.2) is 14.3 Å². The zero-order chi connectivity index (χ0) is 35.4. The molecule has 2 aliphatic rings. The number of nitrogens with zero attached hydrogens (tertiary/aromatic N) is 4. The average Bonchev–Trinajstić information content (AvgIpc) is 3.78. The maximum atomic E-state index is 14.3. The molecule has 1 fully saturated rings. The molecule has 3 unspecified atom stereocenters. The van der Waals surface area contributed by atoms with Crippen molar-refractivity contribution in [3.8, 4) is 17.2 Å². The molecule has 13 heteroatoms. The standard InChI is InChI=1S/C37H40N6O7/c1-5-48-25-14-15-27-31(19-25)49-30-13-7-6-11-26(30)32(27)41-34(45)29-12-9-17-43(29)35(46)28(40-33(44)23-10-8-16-38-20-23)18-24-21-42(22-39-24)36(47)50-37(2,3)4/h6-8,10-11,13-16,19-22,28-29,32H,5,9,12,17-18H2,1-4H3,(H,40,44)(H,41,45). The molecule has 6 rings (SSSR count). The van der Waals surface area contributed by atoms with Gasteiger partial charge in [0.2, 0.25) is 11.8 Å². The Labute approximate surface area is 289 Å². The first kappa shape index (κ1) is 34.2. The van der Waals surface area contributed by atoms with E-state index >= 15 is 0 Å². The van der Waals surface area contributed by atoms with Gasteiger partial charge in [-0.05, 0) is 70.9 Å². The number of imidazole rings is 1. The van der Waals surface area contributed by atoms with Gasteiger partial charge in [0.25, 0.3) is 5.91 Å². The van der Waals surface area contributed by atoms with Gasteiger partial charge in [0, 0.05) is 48.7 Å². The highest BCUT2D eigenvalue weighted by Crippen LogP contribution is 2.44. The van der Waals surface area contributed by atoms with Crippen molar-refractivity contribution in [1.29, 1.82) is 0 Å². The third-order valence-electron chi connectivity index (χ3n) is 8.36. The van der Waals surface area contributed by atoms with Crippen LogP contribution in [0.1, 0.15) is 73.8 Å². The second-order valence-electron chi connectivity index (χ2n) is 13.1. The molecule has 3 atom stereocenters. The van der Waals surface area contributed by atoms with Gasteiger partial charge >= 0.3 is 6.09 Å². The Bertz CT molecular complexity index is 1890. The number of hydrogen-bond acceptors (Lipinski definition) is 9. The van der Waals surface area contributed by atoms with Crippen molar-refractivity contribution in [3.63, 3.8) is 0 Å². The lowest BCUT2D eigenvalue weighted by Crippen LogP contribution is -2.54. The summed E-state index contributed by atoms with van der Waals surface area (Å²) in [5, 5.41) is 6.00. The van der Waals surface area contributed by atoms with Crippen LogP contribution in [0.4, 0.5) is 4.79 Å². The molecule has 260 valence electrons. The smallest absolute Gasteiger partial charge is 0.419 e. The van der Waals surface area contributed by atoms with E-state index in [2.05, 4.69) is 20.6 Å². The lowest BCUT2D eigenvalue weighted by atomic mass is 9.94. The van der Waals surface area contributed by atoms with E-state index in [9.17, 15) is 19.2 Å². The summed E-state index contributed by atoms with van der Waals surface area (Å²) in [6, 6.07) is 13.8. The Morgan fingerprint density at radius 2 is 1.84 bits per heavy atom. The van der Waals surface area contributed by atoms with E-state index in [-0.39, 0.29) is 17.9 Å². The highest BCUT2D eigenvalue weighted by molar-refractivity contribution is 5.98. The molecule has 0 aliphatic carbocycles. The summed E-state index contributed by atoms with van der Waals surface area (Å²) in [4.78, 5) is 64.2. The SMILES string of the molecule is CCOc1ccc2c(c1)Oc1ccccc1C2NC(=O)C1CCCN1C(=O)C(Cc1cn(C(=O)OC(C)(C)C)cn1)NC(=O)c1cccnc1. The monoisotopic (exact) mass is 680 g/mol. The summed E-state index contributed by atoms with van der Waals surface area (Å²) in [7, 11) is 0. The summed E-state index contributed by atoms with van der Waals surface area (Å²) >= 11 is 0. The number of benzene rings is 2. The molecule has 4 heterocycles. The fourth-order valence-corrected chi connectivity index (χ4v) is 6.12. The van der Waals surface area contributed by atoms with Gasteiger partial charge in [-0.3, -0.25) is 19.4 Å². The Morgan fingerprint density at radius 1 is 1.04 bits per heavy atom. The first-order chi connectivity index (χ1) is 24.0. The number of likely N-dealkylation sites (tertiary alicyclic amines) is 1. The Hall–Kier alpha value is -5.72. The number of rotatable bonds is 9. The topological polar surface area (TPSA) is 154 Å². The van der Waals surface area contributed by atoms with Crippen molar-refractivity contribution in [2.45, 2.75) is 70.7 Å². The summed E-state index contributed by atoms with van der Waals surface area (Å²) in [5.41, 5.74) is 1.48. The molecule has 4 aromatic rings. The summed E-state index contributed by atoms with van der Waals surface area (Å²) in [5.74, 6) is 0.555. The molecule has 13 nitrogen and oxygen atoms in total. The summed E-state index contributed by atoms with van der Waals surface area (Å²) in [6.07, 6.45) is 6.10. The van der Waals surface area contributed by atoms with Gasteiger partial charge in [-0.2, -0.15) is 0 Å². The number of amides is 3. The number of hydrogen-bond donors (Lipinski definition) is 2. The van der Waals surface area contributed by atoms with Crippen LogP contribution < -0.4 is 20.1 Å². The molecule has 1 saturated heterocycles. The molecule has 2 aromatic heterocycles. The third kappa shape index (κ3) is 7.61. The van der Waals surface area contributed by atoms with Crippen molar-refractivity contribution in [3.05, 3.63) is 102 Å². The van der Waals surface area contributed by atoms with Gasteiger partial charge in [0.15, 0.2) is 0 Å². The zero-order valence-corrected chi connectivity index (χ0v) is 28.4. The van der Waals surface area contributed by atoms with Crippen LogP contribution in [0.25, 0.3) is 0 Å². The molecule has 0 radical (unpaired) electrons. The molecule has 0 bridgehead atoms. The molecular weight excluding hydrogens is 640 g/mol. The van der Waals surface area contributed by atoms with E-state index in [1.807, 2.05) is 43.3 Å². The van der Waals surface area contributed by atoms with E-state index in [0.29, 0.717) is 48.9 Å². The summed E-state index contributed by atoms with van der Waals surface area (Å²) < 4.78 is 18.5. The van der Waals surface area contributed by atoms with Crippen molar-refractivity contribution in [1.82, 2.24) is 30.1 Å². The minimum absolute atomic E-state index is 0.0334. The van der Waals surface area contributed by atoms with Crippen LogP contribution in [0.5, 0.6) is 17.2 Å². The van der Waals surface area contributed by atoms with E-state index in [1.165, 1.54) is 28.2 Å². The van der Waals surface area contributed by atoms with Crippen LogP contribution >= 0.6 is 0 Å². The van der Waals surface area contributed by atoms with E-state index in [4.69, 9.17) is 14.2 Å². The van der Waals surface area contributed by atoms with Crippen molar-refractivity contribution >= 4 is 23.8 Å². The normalized spacial score (nSPS) is 17.1. The number of aromatic nitrogens is 3. The van der Waals surface area contributed by atoms with Crippen LogP contribution in [0.3, 0.4) is 0 Å². The van der Waals surface area contributed by atoms with Crippen LogP contribution in [-0.2, 0) is 20.7 Å². The number of ether oxygens (including phenoxy) is 3. The highest BCUT2D eigenvalue weighted by Gasteiger charge is 2.40. The van der Waals surface area contributed by atoms with E-state index < -0.39 is 41.6 Å². The number of pyridine rings is 1. The summed E-state index contributed by atoms with van der Waals surface area (Å²) in [6.45, 7) is 7.99. The zero-order valence-electron chi connectivity index (χ0n) is 28.4. The van der Waals surface area contributed by atoms with Gasteiger partial charge in [-0.1, -0.05) is 18.2 Å². The van der Waals surface area contributed by atoms with Gasteiger partial charge in [0.1, 0.15) is 41.3 Å². The Morgan fingerprint density at radius 3 is 2.60 bits per heavy atom. The predicted molar refractivity (Wildman–Crippen MR) is 182 cm³/mol. The number of nitrogens with one attached hydrogen (secondary N) is 2. The third-order valence-corrected chi connectivity index (χ3v) is 8.36. The molecule has 0 saturated carbocycles. The second-order valence-corrected chi connectivity index (χ2v) is 13.1. The lowest BCUT2D eigenvalue weighted by Gasteiger charge is -2.32. The van der Waals surface area contributed by atoms with Crippen molar-refractivity contribution < 1.29 is 33.4 Å². The molecule has 50 heavy (non-hydrogen) atoms. The lowest BCUT2D eigenvalue weighted by molar-refractivity contribution is -0.140. The fourth-order valence-electron chi connectivity index (χ4n) is 6.12. The average molecular weight is 681 g/mol. The van der Waals surface area contributed by atoms with E-state index in [1.54, 1.807) is 45.2 Å². The van der Waals surface area contributed by atoms with Crippen LogP contribution in [0.15, 0.2) is 79.5 Å². The predicted octanol–water partition coefficient (Wildman–Crippen LogP) is 4.80. The first-order valence-corrected chi connectivity index (χ1v) is 16.6. The number of para-hydroxylation sites is 1. The van der Waals surface area contributed by atoms with Crippen molar-refractivity contribution in [2.24, 2.45) is 0 Å². The van der Waals surface area contributed by atoms with Crippen LogP contribution in [0.2, 0.25) is 0 Å². The molecule has 2 aromatic carbocycles. The molecule has 2 aliphatic heterocycles. The van der Waals surface area contributed by atoms with Gasteiger partial charge < -0.3 is 29.7 Å². The number of fused-ring (bicyclic) bond motifs is 2. The molecule has 2 N–H and O–H groups in total. The molecule has 3 amide bonds. The fraction of sp³-hybridized carbons (Fsp3) is 0.351. The van der Waals surface area contributed by atoms with Crippen molar-refractivity contribution in [2.75, 3.05) is 13.2 Å². The molecular formula is C37H40N6O7. The van der Waals surface area contributed by atoms with Gasteiger partial charge in [-0.15, -0.1) is 0 Å². The minimum atomic E-state index is -1.10. The number of carbonyl (C=O) groups is 4. The number of carbonyl (C=O) groups excluding carboxylic acids is 4.